The van der Waals surface area contributed by atoms with E-state index in [0.29, 0.717) is 5.75 Å². The molecule has 3 rings (SSSR count). The number of rotatable bonds is 6. The molecule has 142 valence electrons. The first-order valence-corrected chi connectivity index (χ1v) is 10.9. The molecule has 0 bridgehead atoms. The second-order valence-electron chi connectivity index (χ2n) is 5.62. The summed E-state index contributed by atoms with van der Waals surface area (Å²) in [5.74, 6) is -0.0819. The highest BCUT2D eigenvalue weighted by atomic mass is 32.2. The third kappa shape index (κ3) is 4.03. The fraction of sp³-hybridized carbons (Fsp3) is 0.176. The smallest absolute Gasteiger partial charge is 0.275 e. The molecule has 0 saturated carbocycles. The van der Waals surface area contributed by atoms with Crippen LogP contribution in [-0.4, -0.2) is 44.8 Å². The van der Waals surface area contributed by atoms with Gasteiger partial charge in [0.2, 0.25) is 10.0 Å². The molecule has 7 nitrogen and oxygen atoms in total. The van der Waals surface area contributed by atoms with Crippen LogP contribution in [-0.2, 0) is 10.0 Å². The summed E-state index contributed by atoms with van der Waals surface area (Å²) in [6.45, 7) is 0. The molecule has 0 atom stereocenters. The third-order valence-corrected chi connectivity index (χ3v) is 7.36. The van der Waals surface area contributed by atoms with E-state index in [2.05, 4.69) is 10.3 Å². The molecule has 2 heterocycles. The van der Waals surface area contributed by atoms with Gasteiger partial charge < -0.3 is 10.1 Å². The van der Waals surface area contributed by atoms with Crippen LogP contribution in [0.1, 0.15) is 10.5 Å². The molecule has 3 aromatic rings. The Balaban J connectivity index is 1.89. The molecule has 1 aromatic carbocycles. The summed E-state index contributed by atoms with van der Waals surface area (Å²) in [5, 5.41) is 7.05. The van der Waals surface area contributed by atoms with E-state index in [9.17, 15) is 13.2 Å². The summed E-state index contributed by atoms with van der Waals surface area (Å²) in [7, 11) is 0.699. The number of nitrogens with one attached hydrogen (secondary N) is 1. The van der Waals surface area contributed by atoms with Gasteiger partial charge in [0.25, 0.3) is 5.91 Å². The molecule has 0 aliphatic rings. The molecular weight excluding hydrogens is 406 g/mol. The predicted octanol–water partition coefficient (Wildman–Crippen LogP) is 3.38. The molecule has 1 N–H and O–H groups in total. The molecule has 0 aliphatic heterocycles. The first kappa shape index (κ1) is 19.5. The lowest BCUT2D eigenvalue weighted by molar-refractivity contribution is 0.102. The van der Waals surface area contributed by atoms with Gasteiger partial charge in [-0.25, -0.2) is 17.7 Å². The number of amides is 1. The fourth-order valence-electron chi connectivity index (χ4n) is 2.23. The highest BCUT2D eigenvalue weighted by Crippen LogP contribution is 2.30. The zero-order chi connectivity index (χ0) is 19.6. The highest BCUT2D eigenvalue weighted by molar-refractivity contribution is 7.89. The van der Waals surface area contributed by atoms with Gasteiger partial charge in [-0.1, -0.05) is 6.07 Å². The Morgan fingerprint density at radius 3 is 2.63 bits per heavy atom. The number of benzene rings is 1. The Kier molecular flexibility index (Phi) is 5.61. The molecule has 27 heavy (non-hydrogen) atoms. The predicted molar refractivity (Wildman–Crippen MR) is 107 cm³/mol. The van der Waals surface area contributed by atoms with Crippen LogP contribution in [0, 0.1) is 0 Å². The number of carbonyl (C=O) groups is 1. The van der Waals surface area contributed by atoms with E-state index < -0.39 is 15.9 Å². The van der Waals surface area contributed by atoms with Crippen LogP contribution in [0.25, 0.3) is 9.88 Å². The molecule has 0 radical (unpaired) electrons. The molecule has 0 unspecified atom stereocenters. The number of anilines is 1. The lowest BCUT2D eigenvalue weighted by Gasteiger charge is -2.14. The van der Waals surface area contributed by atoms with E-state index in [1.165, 1.54) is 50.7 Å². The van der Waals surface area contributed by atoms with Crippen molar-refractivity contribution in [3.05, 3.63) is 46.8 Å². The average molecular weight is 424 g/mol. The molecule has 0 spiro atoms. The van der Waals surface area contributed by atoms with Crippen LogP contribution in [0.2, 0.25) is 0 Å². The number of sulfonamides is 1. The highest BCUT2D eigenvalue weighted by Gasteiger charge is 2.21. The van der Waals surface area contributed by atoms with Gasteiger partial charge in [-0.05, 0) is 29.6 Å². The minimum absolute atomic E-state index is 0.0566. The minimum Gasteiger partial charge on any atom is -0.495 e. The van der Waals surface area contributed by atoms with Crippen LogP contribution in [0.5, 0.6) is 5.75 Å². The van der Waals surface area contributed by atoms with Crippen molar-refractivity contribution in [1.29, 1.82) is 0 Å². The summed E-state index contributed by atoms with van der Waals surface area (Å²) in [6, 6.07) is 8.16. The lowest BCUT2D eigenvalue weighted by Crippen LogP contribution is -2.22. The van der Waals surface area contributed by atoms with Crippen molar-refractivity contribution in [2.75, 3.05) is 26.5 Å². The van der Waals surface area contributed by atoms with Crippen molar-refractivity contribution in [2.45, 2.75) is 4.90 Å². The van der Waals surface area contributed by atoms with E-state index >= 15 is 0 Å². The van der Waals surface area contributed by atoms with Crippen LogP contribution >= 0.6 is 22.7 Å². The number of aromatic nitrogens is 1. The number of hydrogen-bond donors (Lipinski definition) is 1. The second-order valence-corrected chi connectivity index (χ2v) is 9.58. The maximum atomic E-state index is 12.6. The monoisotopic (exact) mass is 423 g/mol. The Morgan fingerprint density at radius 1 is 1.22 bits per heavy atom. The number of thiophene rings is 1. The largest absolute Gasteiger partial charge is 0.495 e. The molecular formula is C17H17N3O4S3. The number of carbonyl (C=O) groups excluding carboxylic acids is 1. The summed E-state index contributed by atoms with van der Waals surface area (Å²) >= 11 is 2.92. The van der Waals surface area contributed by atoms with Crippen LogP contribution in [0.4, 0.5) is 5.69 Å². The molecule has 0 aliphatic carbocycles. The quantitative estimate of drug-likeness (QED) is 0.657. The summed E-state index contributed by atoms with van der Waals surface area (Å²) in [6.07, 6.45) is 0. The van der Waals surface area contributed by atoms with Gasteiger partial charge in [-0.2, -0.15) is 0 Å². The fourth-order valence-corrected chi connectivity index (χ4v) is 4.78. The van der Waals surface area contributed by atoms with Gasteiger partial charge in [0, 0.05) is 19.5 Å². The minimum atomic E-state index is -3.64. The van der Waals surface area contributed by atoms with Crippen LogP contribution < -0.4 is 10.1 Å². The maximum absolute atomic E-state index is 12.6. The SMILES string of the molecule is COc1ccc(S(=O)(=O)N(C)C)cc1NC(=O)c1csc(-c2cccs2)n1. The van der Waals surface area contributed by atoms with Gasteiger partial charge in [0.1, 0.15) is 16.5 Å². The van der Waals surface area contributed by atoms with Crippen molar-refractivity contribution in [2.24, 2.45) is 0 Å². The molecule has 2 aromatic heterocycles. The molecule has 0 fully saturated rings. The Hall–Kier alpha value is -2.27. The summed E-state index contributed by atoms with van der Waals surface area (Å²) in [4.78, 5) is 18.0. The van der Waals surface area contributed by atoms with Crippen molar-refractivity contribution in [3.8, 4) is 15.6 Å². The second kappa shape index (κ2) is 7.77. The van der Waals surface area contributed by atoms with Gasteiger partial charge in [-0.3, -0.25) is 4.79 Å². The number of nitrogens with zero attached hydrogens (tertiary/aromatic N) is 2. The zero-order valence-electron chi connectivity index (χ0n) is 14.8. The first-order chi connectivity index (χ1) is 12.8. The average Bonchev–Trinajstić information content (AvgIpc) is 3.32. The number of thiazole rings is 1. The molecule has 10 heteroatoms. The normalized spacial score (nSPS) is 11.6. The number of methoxy groups -OCH3 is 1. The Morgan fingerprint density at radius 2 is 2.00 bits per heavy atom. The van der Waals surface area contributed by atoms with E-state index in [-0.39, 0.29) is 16.3 Å². The molecule has 1 amide bonds. The zero-order valence-corrected chi connectivity index (χ0v) is 17.2. The van der Waals surface area contributed by atoms with E-state index in [4.69, 9.17) is 4.74 Å². The Bertz CT molecular complexity index is 1060. The van der Waals surface area contributed by atoms with E-state index in [1.54, 1.807) is 16.7 Å². The Labute approximate surface area is 165 Å². The van der Waals surface area contributed by atoms with Gasteiger partial charge in [-0.15, -0.1) is 22.7 Å². The van der Waals surface area contributed by atoms with Gasteiger partial charge in [0.15, 0.2) is 0 Å². The summed E-state index contributed by atoms with van der Waals surface area (Å²) in [5.41, 5.74) is 0.516. The standard InChI is InChI=1S/C17H17N3O4S3/c1-20(2)27(22,23)11-6-7-14(24-3)12(9-11)18-16(21)13-10-26-17(19-13)15-5-4-8-25-15/h4-10H,1-3H3,(H,18,21). The number of hydrogen-bond acceptors (Lipinski definition) is 7. The van der Waals surface area contributed by atoms with Crippen molar-refractivity contribution < 1.29 is 17.9 Å². The van der Waals surface area contributed by atoms with Crippen molar-refractivity contribution >= 4 is 44.3 Å². The van der Waals surface area contributed by atoms with Crippen molar-refractivity contribution in [1.82, 2.24) is 9.29 Å². The van der Waals surface area contributed by atoms with Crippen LogP contribution in [0.15, 0.2) is 46.0 Å². The van der Waals surface area contributed by atoms with Crippen LogP contribution in [0.3, 0.4) is 0 Å². The van der Waals surface area contributed by atoms with E-state index in [1.807, 2.05) is 17.5 Å². The van der Waals surface area contributed by atoms with E-state index in [0.717, 1.165) is 14.2 Å². The lowest BCUT2D eigenvalue weighted by atomic mass is 10.3. The first-order valence-electron chi connectivity index (χ1n) is 7.74. The topological polar surface area (TPSA) is 88.6 Å². The molecule has 0 saturated heterocycles. The van der Waals surface area contributed by atoms with Crippen molar-refractivity contribution in [3.63, 3.8) is 0 Å². The summed E-state index contributed by atoms with van der Waals surface area (Å²) < 4.78 is 31.0. The van der Waals surface area contributed by atoms with Gasteiger partial charge >= 0.3 is 0 Å². The number of ether oxygens (including phenoxy) is 1. The maximum Gasteiger partial charge on any atom is 0.275 e. The third-order valence-electron chi connectivity index (χ3n) is 3.67. The van der Waals surface area contributed by atoms with Gasteiger partial charge in [0.05, 0.1) is 22.6 Å².